The minimum Gasteiger partial charge on any atom is -0.349 e. The minimum atomic E-state index is -0.242. The van der Waals surface area contributed by atoms with Crippen LogP contribution in [-0.2, 0) is 6.42 Å². The zero-order valence-electron chi connectivity index (χ0n) is 12.3. The number of hydrogen-bond donors (Lipinski definition) is 1. The van der Waals surface area contributed by atoms with Crippen molar-refractivity contribution in [2.24, 2.45) is 5.92 Å². The van der Waals surface area contributed by atoms with Crippen LogP contribution in [0, 0.1) is 11.7 Å². The third kappa shape index (κ3) is 4.42. The summed E-state index contributed by atoms with van der Waals surface area (Å²) < 4.78 is 12.9. The van der Waals surface area contributed by atoms with Gasteiger partial charge in [0.1, 0.15) is 5.82 Å². The third-order valence-electron chi connectivity index (χ3n) is 3.53. The maximum absolute atomic E-state index is 12.9. The lowest BCUT2D eigenvalue weighted by Gasteiger charge is -2.22. The first-order chi connectivity index (χ1) is 10.1. The summed E-state index contributed by atoms with van der Waals surface area (Å²) >= 11 is 0. The van der Waals surface area contributed by atoms with Crippen molar-refractivity contribution in [1.82, 2.24) is 5.32 Å². The lowest BCUT2D eigenvalue weighted by atomic mass is 9.96. The van der Waals surface area contributed by atoms with E-state index < -0.39 is 0 Å². The summed E-state index contributed by atoms with van der Waals surface area (Å²) in [6.07, 6.45) is 0.691. The highest BCUT2D eigenvalue weighted by atomic mass is 19.1. The van der Waals surface area contributed by atoms with Gasteiger partial charge in [-0.25, -0.2) is 4.39 Å². The largest absolute Gasteiger partial charge is 0.349 e. The molecule has 1 amide bonds. The predicted molar refractivity (Wildman–Crippen MR) is 82.6 cm³/mol. The predicted octanol–water partition coefficient (Wildman–Crippen LogP) is 3.82. The average Bonchev–Trinajstić information content (AvgIpc) is 2.49. The summed E-state index contributed by atoms with van der Waals surface area (Å²) in [6, 6.07) is 15.6. The van der Waals surface area contributed by atoms with Crippen LogP contribution in [0.1, 0.15) is 29.8 Å². The highest BCUT2D eigenvalue weighted by Gasteiger charge is 2.17. The first kappa shape index (κ1) is 15.2. The smallest absolute Gasteiger partial charge is 0.251 e. The fourth-order valence-electron chi connectivity index (χ4n) is 2.17. The quantitative estimate of drug-likeness (QED) is 0.889. The molecule has 0 heterocycles. The van der Waals surface area contributed by atoms with Crippen molar-refractivity contribution in [3.8, 4) is 0 Å². The van der Waals surface area contributed by atoms with E-state index in [0.717, 1.165) is 5.56 Å². The molecule has 1 unspecified atom stereocenters. The molecule has 1 N–H and O–H groups in total. The van der Waals surface area contributed by atoms with Gasteiger partial charge in [0.15, 0.2) is 0 Å². The Labute approximate surface area is 125 Å². The van der Waals surface area contributed by atoms with Gasteiger partial charge in [0, 0.05) is 11.6 Å². The van der Waals surface area contributed by atoms with Gasteiger partial charge in [-0.1, -0.05) is 44.2 Å². The van der Waals surface area contributed by atoms with Gasteiger partial charge in [-0.05, 0) is 42.2 Å². The van der Waals surface area contributed by atoms with Gasteiger partial charge in [0.25, 0.3) is 5.91 Å². The third-order valence-corrected chi connectivity index (χ3v) is 3.53. The molecular weight excluding hydrogens is 265 g/mol. The van der Waals surface area contributed by atoms with Crippen LogP contribution in [0.15, 0.2) is 54.6 Å². The molecule has 21 heavy (non-hydrogen) atoms. The van der Waals surface area contributed by atoms with Gasteiger partial charge >= 0.3 is 0 Å². The summed E-state index contributed by atoms with van der Waals surface area (Å²) in [4.78, 5) is 12.2. The van der Waals surface area contributed by atoms with Crippen molar-refractivity contribution < 1.29 is 9.18 Å². The highest BCUT2D eigenvalue weighted by molar-refractivity contribution is 5.94. The van der Waals surface area contributed by atoms with E-state index in [1.807, 2.05) is 18.2 Å². The van der Waals surface area contributed by atoms with Crippen molar-refractivity contribution in [2.75, 3.05) is 0 Å². The molecule has 0 saturated heterocycles. The molecule has 0 aliphatic rings. The van der Waals surface area contributed by atoms with Crippen molar-refractivity contribution in [3.05, 3.63) is 71.5 Å². The lowest BCUT2D eigenvalue weighted by molar-refractivity contribution is 0.0926. The van der Waals surface area contributed by atoms with Crippen LogP contribution in [0.5, 0.6) is 0 Å². The van der Waals surface area contributed by atoms with E-state index in [0.29, 0.717) is 17.9 Å². The fourth-order valence-corrected chi connectivity index (χ4v) is 2.17. The molecule has 2 rings (SSSR count). The van der Waals surface area contributed by atoms with E-state index >= 15 is 0 Å². The number of amides is 1. The molecule has 0 aliphatic carbocycles. The molecule has 0 radical (unpaired) electrons. The second-order valence-corrected chi connectivity index (χ2v) is 5.52. The zero-order valence-corrected chi connectivity index (χ0v) is 12.3. The van der Waals surface area contributed by atoms with Gasteiger partial charge in [-0.15, -0.1) is 0 Å². The minimum absolute atomic E-state index is 0.0168. The number of carbonyl (C=O) groups is 1. The van der Waals surface area contributed by atoms with Crippen LogP contribution >= 0.6 is 0 Å². The molecule has 110 valence electrons. The van der Waals surface area contributed by atoms with Gasteiger partial charge in [-0.3, -0.25) is 4.79 Å². The van der Waals surface area contributed by atoms with Crippen LogP contribution in [0.3, 0.4) is 0 Å². The van der Waals surface area contributed by atoms with Crippen molar-refractivity contribution in [1.29, 1.82) is 0 Å². The van der Waals surface area contributed by atoms with Crippen LogP contribution in [-0.4, -0.2) is 11.9 Å². The molecule has 3 heteroatoms. The molecule has 1 atom stereocenters. The summed E-state index contributed by atoms with van der Waals surface area (Å²) in [5.41, 5.74) is 1.67. The molecule has 2 aromatic carbocycles. The fraction of sp³-hybridized carbons (Fsp3) is 0.278. The second kappa shape index (κ2) is 7.02. The van der Waals surface area contributed by atoms with E-state index in [1.165, 1.54) is 12.1 Å². The lowest BCUT2D eigenvalue weighted by Crippen LogP contribution is -2.40. The van der Waals surface area contributed by atoms with Crippen LogP contribution < -0.4 is 5.32 Å². The number of hydrogen-bond acceptors (Lipinski definition) is 1. The van der Waals surface area contributed by atoms with Crippen LogP contribution in [0.2, 0.25) is 0 Å². The van der Waals surface area contributed by atoms with E-state index in [1.54, 1.807) is 24.3 Å². The molecule has 2 nitrogen and oxygen atoms in total. The first-order valence-corrected chi connectivity index (χ1v) is 7.16. The Morgan fingerprint density at radius 2 is 1.67 bits per heavy atom. The number of rotatable bonds is 5. The maximum atomic E-state index is 12.9. The van der Waals surface area contributed by atoms with E-state index in [9.17, 15) is 9.18 Å². The van der Waals surface area contributed by atoms with Crippen LogP contribution in [0.25, 0.3) is 0 Å². The van der Waals surface area contributed by atoms with Gasteiger partial charge in [0.05, 0.1) is 0 Å². The Balaban J connectivity index is 2.06. The monoisotopic (exact) mass is 285 g/mol. The van der Waals surface area contributed by atoms with Crippen molar-refractivity contribution in [2.45, 2.75) is 26.3 Å². The second-order valence-electron chi connectivity index (χ2n) is 5.52. The Kier molecular flexibility index (Phi) is 5.09. The number of nitrogens with one attached hydrogen (secondary N) is 1. The molecule has 0 spiro atoms. The average molecular weight is 285 g/mol. The molecule has 0 fully saturated rings. The molecule has 0 aromatic heterocycles. The van der Waals surface area contributed by atoms with Crippen LogP contribution in [0.4, 0.5) is 4.39 Å². The summed E-state index contributed by atoms with van der Waals surface area (Å²) in [5.74, 6) is -0.0210. The molecule has 2 aromatic rings. The van der Waals surface area contributed by atoms with Gasteiger partial charge in [0.2, 0.25) is 0 Å². The summed E-state index contributed by atoms with van der Waals surface area (Å²) in [6.45, 7) is 4.14. The highest BCUT2D eigenvalue weighted by Crippen LogP contribution is 2.12. The Hall–Kier alpha value is -2.16. The number of halogens is 1. The number of benzene rings is 2. The maximum Gasteiger partial charge on any atom is 0.251 e. The SMILES string of the molecule is CC(C)C(Cc1ccc(F)cc1)NC(=O)c1ccccc1. The first-order valence-electron chi connectivity index (χ1n) is 7.16. The van der Waals surface area contributed by atoms with E-state index in [-0.39, 0.29) is 17.8 Å². The Bertz CT molecular complexity index is 578. The zero-order chi connectivity index (χ0) is 15.2. The number of carbonyl (C=O) groups excluding carboxylic acids is 1. The van der Waals surface area contributed by atoms with Crippen molar-refractivity contribution in [3.63, 3.8) is 0 Å². The normalized spacial score (nSPS) is 12.2. The summed E-state index contributed by atoms with van der Waals surface area (Å²) in [5, 5.41) is 3.06. The molecular formula is C18H20FNO. The van der Waals surface area contributed by atoms with E-state index in [2.05, 4.69) is 19.2 Å². The Morgan fingerprint density at radius 1 is 1.05 bits per heavy atom. The van der Waals surface area contributed by atoms with Gasteiger partial charge in [-0.2, -0.15) is 0 Å². The molecule has 0 saturated carbocycles. The van der Waals surface area contributed by atoms with Gasteiger partial charge < -0.3 is 5.32 Å². The van der Waals surface area contributed by atoms with E-state index in [4.69, 9.17) is 0 Å². The topological polar surface area (TPSA) is 29.1 Å². The standard InChI is InChI=1S/C18H20FNO/c1-13(2)17(12-14-8-10-16(19)11-9-14)20-18(21)15-6-4-3-5-7-15/h3-11,13,17H,12H2,1-2H3,(H,20,21). The molecule has 0 bridgehead atoms. The van der Waals surface area contributed by atoms with Crippen molar-refractivity contribution >= 4 is 5.91 Å². The summed E-state index contributed by atoms with van der Waals surface area (Å²) in [7, 11) is 0. The Morgan fingerprint density at radius 3 is 2.24 bits per heavy atom. The molecule has 0 aliphatic heterocycles.